The zero-order chi connectivity index (χ0) is 29.6. The Morgan fingerprint density at radius 1 is 0.927 bits per heavy atom. The molecule has 8 nitrogen and oxygen atoms in total. The molecule has 4 rings (SSSR count). The number of nitrogens with zero attached hydrogens (tertiary/aromatic N) is 1. The number of aryl methyl sites for hydroxylation is 1. The summed E-state index contributed by atoms with van der Waals surface area (Å²) in [6.07, 6.45) is 0.483. The average Bonchev–Trinajstić information content (AvgIpc) is 3.26. The predicted molar refractivity (Wildman–Crippen MR) is 158 cm³/mol. The fourth-order valence-electron chi connectivity index (χ4n) is 5.29. The second-order valence-electron chi connectivity index (χ2n) is 10.9. The quantitative estimate of drug-likeness (QED) is 0.248. The number of amides is 1. The molecular weight excluding hydrogens is 540 g/mol. The van der Waals surface area contributed by atoms with Gasteiger partial charge in [0.25, 0.3) is 0 Å². The van der Waals surface area contributed by atoms with Crippen molar-refractivity contribution in [2.24, 2.45) is 5.92 Å². The van der Waals surface area contributed by atoms with E-state index < -0.39 is 28.1 Å². The standard InChI is InChI=1S/C32H38N2O6S/c1-22(2)20-34(41(38,39)24-17-15-23(3)16-18-24)30(31(35)36)14-8-9-19-33-32(37)40-21-29-27-12-6-4-10-25(27)26-11-5-7-13-28(26)29/h4-7,10-13,15-18,22,29-30H,8-9,14,19-21H2,1-3H3,(H,33,37)(H,35,36)/t30-/m1/s1. The molecule has 0 fully saturated rings. The van der Waals surface area contributed by atoms with Crippen molar-refractivity contribution in [3.63, 3.8) is 0 Å². The number of carbonyl (C=O) groups is 2. The van der Waals surface area contributed by atoms with Gasteiger partial charge in [-0.2, -0.15) is 4.31 Å². The van der Waals surface area contributed by atoms with E-state index in [9.17, 15) is 23.1 Å². The molecule has 3 aromatic rings. The molecule has 0 aromatic heterocycles. The Balaban J connectivity index is 1.30. The first-order chi connectivity index (χ1) is 19.6. The third-order valence-corrected chi connectivity index (χ3v) is 9.21. The Bertz CT molecular complexity index is 1420. The van der Waals surface area contributed by atoms with Crippen molar-refractivity contribution in [3.8, 4) is 11.1 Å². The highest BCUT2D eigenvalue weighted by Gasteiger charge is 2.36. The summed E-state index contributed by atoms with van der Waals surface area (Å²) in [7, 11) is -4.01. The second-order valence-corrected chi connectivity index (χ2v) is 12.8. The number of carboxylic acids is 1. The van der Waals surface area contributed by atoms with Crippen molar-refractivity contribution in [1.82, 2.24) is 9.62 Å². The van der Waals surface area contributed by atoms with Crippen molar-refractivity contribution in [1.29, 1.82) is 0 Å². The van der Waals surface area contributed by atoms with Crippen LogP contribution in [-0.4, -0.2) is 55.6 Å². The summed E-state index contributed by atoms with van der Waals surface area (Å²) in [5.41, 5.74) is 5.49. The van der Waals surface area contributed by atoms with Crippen LogP contribution in [0.2, 0.25) is 0 Å². The van der Waals surface area contributed by atoms with E-state index in [1.165, 1.54) is 12.1 Å². The van der Waals surface area contributed by atoms with E-state index in [0.717, 1.165) is 32.1 Å². The number of fused-ring (bicyclic) bond motifs is 3. The molecule has 0 spiro atoms. The van der Waals surface area contributed by atoms with E-state index in [-0.39, 0.29) is 42.8 Å². The highest BCUT2D eigenvalue weighted by atomic mass is 32.2. The Hall–Kier alpha value is -3.69. The molecule has 1 amide bonds. The van der Waals surface area contributed by atoms with Crippen LogP contribution in [0.4, 0.5) is 4.79 Å². The molecule has 9 heteroatoms. The summed E-state index contributed by atoms with van der Waals surface area (Å²) in [4.78, 5) is 24.7. The maximum absolute atomic E-state index is 13.4. The summed E-state index contributed by atoms with van der Waals surface area (Å²) in [6, 6.07) is 21.4. The number of hydrogen-bond donors (Lipinski definition) is 2. The number of carbonyl (C=O) groups excluding carboxylic acids is 1. The number of benzene rings is 3. The first-order valence-corrected chi connectivity index (χ1v) is 15.4. The van der Waals surface area contributed by atoms with E-state index >= 15 is 0 Å². The molecule has 218 valence electrons. The van der Waals surface area contributed by atoms with Crippen LogP contribution in [0.5, 0.6) is 0 Å². The molecule has 0 radical (unpaired) electrons. The summed E-state index contributed by atoms with van der Waals surface area (Å²) in [6.45, 7) is 6.16. The molecule has 0 bridgehead atoms. The highest BCUT2D eigenvalue weighted by Crippen LogP contribution is 2.44. The van der Waals surface area contributed by atoms with Crippen LogP contribution in [-0.2, 0) is 19.6 Å². The van der Waals surface area contributed by atoms with Crippen LogP contribution in [0, 0.1) is 12.8 Å². The van der Waals surface area contributed by atoms with Gasteiger partial charge in [0.05, 0.1) is 4.90 Å². The molecule has 0 saturated heterocycles. The molecule has 0 aliphatic heterocycles. The SMILES string of the molecule is Cc1ccc(S(=O)(=O)N(CC(C)C)[C@H](CCCCNC(=O)OCC2c3ccccc3-c3ccccc32)C(=O)O)cc1. The molecule has 1 aliphatic rings. The van der Waals surface area contributed by atoms with Crippen LogP contribution in [0.1, 0.15) is 55.7 Å². The number of sulfonamides is 1. The Morgan fingerprint density at radius 3 is 2.07 bits per heavy atom. The van der Waals surface area contributed by atoms with Crippen molar-refractivity contribution >= 4 is 22.1 Å². The first kappa shape index (κ1) is 30.3. The van der Waals surface area contributed by atoms with Crippen molar-refractivity contribution in [3.05, 3.63) is 89.5 Å². The fraction of sp³-hybridized carbons (Fsp3) is 0.375. The largest absolute Gasteiger partial charge is 0.480 e. The molecule has 3 aromatic carbocycles. The van der Waals surface area contributed by atoms with Gasteiger partial charge in [-0.1, -0.05) is 80.1 Å². The first-order valence-electron chi connectivity index (χ1n) is 14.0. The summed E-state index contributed by atoms with van der Waals surface area (Å²) < 4.78 is 33.5. The maximum Gasteiger partial charge on any atom is 0.407 e. The number of aliphatic carboxylic acids is 1. The number of hydrogen-bond acceptors (Lipinski definition) is 5. The Labute approximate surface area is 242 Å². The molecule has 1 atom stereocenters. The molecule has 0 saturated carbocycles. The molecular formula is C32H38N2O6S. The summed E-state index contributed by atoms with van der Waals surface area (Å²) >= 11 is 0. The fourth-order valence-corrected chi connectivity index (χ4v) is 7.07. The smallest absolute Gasteiger partial charge is 0.407 e. The van der Waals surface area contributed by atoms with Crippen LogP contribution < -0.4 is 5.32 Å². The number of alkyl carbamates (subject to hydrolysis) is 1. The molecule has 0 unspecified atom stereocenters. The normalized spacial score (nSPS) is 13.6. The van der Waals surface area contributed by atoms with Crippen LogP contribution in [0.25, 0.3) is 11.1 Å². The van der Waals surface area contributed by atoms with Gasteiger partial charge in [-0.15, -0.1) is 0 Å². The van der Waals surface area contributed by atoms with E-state index in [2.05, 4.69) is 29.6 Å². The number of rotatable bonds is 13. The van der Waals surface area contributed by atoms with Gasteiger partial charge in [0.1, 0.15) is 12.6 Å². The minimum Gasteiger partial charge on any atom is -0.480 e. The maximum atomic E-state index is 13.4. The third-order valence-electron chi connectivity index (χ3n) is 7.32. The number of carboxylic acid groups (broad SMARTS) is 1. The van der Waals surface area contributed by atoms with Gasteiger partial charge < -0.3 is 15.2 Å². The van der Waals surface area contributed by atoms with Crippen molar-refractivity contribution in [2.45, 2.75) is 56.9 Å². The van der Waals surface area contributed by atoms with E-state index in [1.54, 1.807) is 12.1 Å². The summed E-state index contributed by atoms with van der Waals surface area (Å²) in [5, 5.41) is 12.7. The van der Waals surface area contributed by atoms with Gasteiger partial charge in [-0.3, -0.25) is 4.79 Å². The minimum absolute atomic E-state index is 0.0353. The molecule has 2 N–H and O–H groups in total. The van der Waals surface area contributed by atoms with Gasteiger partial charge in [-0.05, 0) is 66.5 Å². The van der Waals surface area contributed by atoms with Crippen LogP contribution >= 0.6 is 0 Å². The third kappa shape index (κ3) is 7.15. The Kier molecular flexibility index (Phi) is 9.83. The number of nitrogens with one attached hydrogen (secondary N) is 1. The monoisotopic (exact) mass is 578 g/mol. The van der Waals surface area contributed by atoms with Gasteiger partial charge >= 0.3 is 12.1 Å². The van der Waals surface area contributed by atoms with Gasteiger partial charge in [0, 0.05) is 19.0 Å². The molecule has 41 heavy (non-hydrogen) atoms. The lowest BCUT2D eigenvalue weighted by Gasteiger charge is -2.29. The minimum atomic E-state index is -4.01. The van der Waals surface area contributed by atoms with Gasteiger partial charge in [-0.25, -0.2) is 13.2 Å². The lowest BCUT2D eigenvalue weighted by atomic mass is 9.98. The average molecular weight is 579 g/mol. The summed E-state index contributed by atoms with van der Waals surface area (Å²) in [5.74, 6) is -1.29. The van der Waals surface area contributed by atoms with E-state index in [1.807, 2.05) is 45.0 Å². The van der Waals surface area contributed by atoms with Gasteiger partial charge in [0.15, 0.2) is 0 Å². The topological polar surface area (TPSA) is 113 Å². The molecule has 1 aliphatic carbocycles. The lowest BCUT2D eigenvalue weighted by Crippen LogP contribution is -2.46. The van der Waals surface area contributed by atoms with Gasteiger partial charge in [0.2, 0.25) is 10.0 Å². The number of unbranched alkanes of at least 4 members (excludes halogenated alkanes) is 1. The van der Waals surface area contributed by atoms with E-state index in [0.29, 0.717) is 12.8 Å². The van der Waals surface area contributed by atoms with Crippen molar-refractivity contribution in [2.75, 3.05) is 19.7 Å². The lowest BCUT2D eigenvalue weighted by molar-refractivity contribution is -0.141. The number of ether oxygens (including phenoxy) is 1. The highest BCUT2D eigenvalue weighted by molar-refractivity contribution is 7.89. The Morgan fingerprint density at radius 2 is 1.51 bits per heavy atom. The van der Waals surface area contributed by atoms with Crippen molar-refractivity contribution < 1.29 is 27.9 Å². The second kappa shape index (κ2) is 13.3. The zero-order valence-electron chi connectivity index (χ0n) is 23.7. The predicted octanol–water partition coefficient (Wildman–Crippen LogP) is 5.80. The van der Waals surface area contributed by atoms with Crippen LogP contribution in [0.15, 0.2) is 77.7 Å². The van der Waals surface area contributed by atoms with Crippen LogP contribution in [0.3, 0.4) is 0 Å². The molecule has 0 heterocycles. The zero-order valence-corrected chi connectivity index (χ0v) is 24.6. The van der Waals surface area contributed by atoms with E-state index in [4.69, 9.17) is 4.74 Å².